The second-order valence-electron chi connectivity index (χ2n) is 7.11. The van der Waals surface area contributed by atoms with Gasteiger partial charge < -0.3 is 10.3 Å². The molecule has 28 heavy (non-hydrogen) atoms. The van der Waals surface area contributed by atoms with E-state index < -0.39 is 0 Å². The van der Waals surface area contributed by atoms with Crippen LogP contribution >= 0.6 is 15.9 Å². The van der Waals surface area contributed by atoms with Gasteiger partial charge in [0.2, 0.25) is 0 Å². The fraction of sp³-hybridized carbons (Fsp3) is 0.350. The summed E-state index contributed by atoms with van der Waals surface area (Å²) in [5.41, 5.74) is 8.77. The zero-order valence-electron chi connectivity index (χ0n) is 15.8. The average Bonchev–Trinajstić information content (AvgIpc) is 3.32. The summed E-state index contributed by atoms with van der Waals surface area (Å²) < 4.78 is 3.14. The number of hydroxylamine groups is 2. The first kappa shape index (κ1) is 18.9. The van der Waals surface area contributed by atoms with Crippen LogP contribution < -0.4 is 5.73 Å². The molecule has 1 saturated carbocycles. The molecular formula is C20H22BrN5O2. The number of nitrogens with two attached hydrogens (primary N) is 1. The monoisotopic (exact) mass is 443 g/mol. The largest absolute Gasteiger partial charge is 0.383 e. The predicted molar refractivity (Wildman–Crippen MR) is 111 cm³/mol. The lowest BCUT2D eigenvalue weighted by atomic mass is 9.96. The van der Waals surface area contributed by atoms with Gasteiger partial charge in [0, 0.05) is 29.3 Å². The molecule has 7 nitrogen and oxygen atoms in total. The van der Waals surface area contributed by atoms with E-state index in [9.17, 15) is 4.79 Å². The lowest BCUT2D eigenvalue weighted by Crippen LogP contribution is -2.25. The van der Waals surface area contributed by atoms with Crippen molar-refractivity contribution in [3.8, 4) is 0 Å². The lowest BCUT2D eigenvalue weighted by molar-refractivity contribution is -0.0757. The summed E-state index contributed by atoms with van der Waals surface area (Å²) >= 11 is 3.59. The highest BCUT2D eigenvalue weighted by atomic mass is 79.9. The third kappa shape index (κ3) is 3.27. The Balaban J connectivity index is 1.54. The highest BCUT2D eigenvalue weighted by molar-refractivity contribution is 9.10. The number of hydrogen-bond acceptors (Lipinski definition) is 5. The fourth-order valence-electron chi connectivity index (χ4n) is 4.02. The first-order valence-electron chi connectivity index (χ1n) is 9.18. The molecule has 1 fully saturated rings. The summed E-state index contributed by atoms with van der Waals surface area (Å²) in [6.07, 6.45) is 6.75. The number of hydrogen-bond donors (Lipinski definition) is 1. The first-order valence-corrected chi connectivity index (χ1v) is 9.97. The number of fused-ring (bicyclic) bond motifs is 1. The minimum atomic E-state index is -0.153. The van der Waals surface area contributed by atoms with E-state index in [1.54, 1.807) is 7.05 Å². The number of carbonyl (C=O) groups excluding carboxylic acids is 1. The molecule has 1 aromatic carbocycles. The molecule has 8 heteroatoms. The highest BCUT2D eigenvalue weighted by Gasteiger charge is 2.29. The average molecular weight is 444 g/mol. The van der Waals surface area contributed by atoms with Gasteiger partial charge in [0.05, 0.1) is 12.5 Å². The third-order valence-corrected chi connectivity index (χ3v) is 6.18. The van der Waals surface area contributed by atoms with Crippen molar-refractivity contribution in [1.82, 2.24) is 19.6 Å². The van der Waals surface area contributed by atoms with Gasteiger partial charge in [0.25, 0.3) is 5.91 Å². The number of nitrogen functional groups attached to an aromatic ring is 1. The number of rotatable bonds is 4. The molecule has 2 N–H and O–H groups in total. The van der Waals surface area contributed by atoms with Crippen LogP contribution in [0.3, 0.4) is 0 Å². The molecule has 2 unspecified atom stereocenters. The summed E-state index contributed by atoms with van der Waals surface area (Å²) in [6, 6.07) is 8.20. The molecule has 0 spiro atoms. The third-order valence-electron chi connectivity index (χ3n) is 5.58. The number of amides is 1. The minimum absolute atomic E-state index is 0.153. The summed E-state index contributed by atoms with van der Waals surface area (Å²) in [5, 5.41) is 2.10. The predicted octanol–water partition coefficient (Wildman–Crippen LogP) is 3.92. The second kappa shape index (κ2) is 7.52. The van der Waals surface area contributed by atoms with Gasteiger partial charge in [-0.25, -0.2) is 15.0 Å². The summed E-state index contributed by atoms with van der Waals surface area (Å²) in [4.78, 5) is 25.7. The molecule has 1 amide bonds. The van der Waals surface area contributed by atoms with Gasteiger partial charge in [0.15, 0.2) is 0 Å². The standard InChI is InChI=1S/C20H22BrN5O2/c1-25(28-2)20(27)13-5-3-12(4-6-13)14-7-8-15(9-14)26-10-16(21)17-18(22)23-11-24-19(17)26/h3-6,10-11,14-15H,7-9H2,1-2H3,(H2,22,23,24). The van der Waals surface area contributed by atoms with Crippen LogP contribution in [0.4, 0.5) is 5.82 Å². The van der Waals surface area contributed by atoms with E-state index in [0.29, 0.717) is 23.3 Å². The maximum atomic E-state index is 12.2. The zero-order valence-corrected chi connectivity index (χ0v) is 17.4. The van der Waals surface area contributed by atoms with Crippen molar-refractivity contribution in [1.29, 1.82) is 0 Å². The van der Waals surface area contributed by atoms with Crippen LogP contribution in [0.25, 0.3) is 11.0 Å². The Labute approximate surface area is 171 Å². The number of nitrogens with zero attached hydrogens (tertiary/aromatic N) is 4. The second-order valence-corrected chi connectivity index (χ2v) is 7.97. The summed E-state index contributed by atoms with van der Waals surface area (Å²) in [5.74, 6) is 0.787. The molecule has 0 saturated heterocycles. The van der Waals surface area contributed by atoms with Crippen LogP contribution in [0.5, 0.6) is 0 Å². The Morgan fingerprint density at radius 2 is 2.04 bits per heavy atom. The van der Waals surface area contributed by atoms with E-state index >= 15 is 0 Å². The summed E-state index contributed by atoms with van der Waals surface area (Å²) in [6.45, 7) is 0. The van der Waals surface area contributed by atoms with E-state index in [1.165, 1.54) is 24.1 Å². The maximum absolute atomic E-state index is 12.2. The molecule has 1 aliphatic rings. The molecule has 3 aromatic rings. The van der Waals surface area contributed by atoms with Gasteiger partial charge in [0.1, 0.15) is 17.8 Å². The SMILES string of the molecule is CON(C)C(=O)c1ccc(C2CCC(n3cc(Br)c4c(N)ncnc43)C2)cc1. The van der Waals surface area contributed by atoms with Crippen LogP contribution in [-0.4, -0.2) is 39.7 Å². The molecule has 0 radical (unpaired) electrons. The molecule has 0 aliphatic heterocycles. The Bertz CT molecular complexity index is 1020. The van der Waals surface area contributed by atoms with E-state index in [4.69, 9.17) is 10.6 Å². The fourth-order valence-corrected chi connectivity index (χ4v) is 4.62. The molecule has 0 bridgehead atoms. The van der Waals surface area contributed by atoms with Crippen LogP contribution in [-0.2, 0) is 4.84 Å². The van der Waals surface area contributed by atoms with Crippen molar-refractivity contribution in [2.24, 2.45) is 0 Å². The van der Waals surface area contributed by atoms with Crippen LogP contribution in [0, 0.1) is 0 Å². The smallest absolute Gasteiger partial charge is 0.277 e. The number of halogens is 1. The quantitative estimate of drug-likeness (QED) is 0.617. The van der Waals surface area contributed by atoms with Crippen LogP contribution in [0.15, 0.2) is 41.3 Å². The van der Waals surface area contributed by atoms with Gasteiger partial charge in [-0.15, -0.1) is 0 Å². The molecule has 4 rings (SSSR count). The van der Waals surface area contributed by atoms with Crippen molar-refractivity contribution in [3.63, 3.8) is 0 Å². The molecule has 2 heterocycles. The molecule has 146 valence electrons. The maximum Gasteiger partial charge on any atom is 0.277 e. The number of anilines is 1. The van der Waals surface area contributed by atoms with E-state index in [1.807, 2.05) is 24.3 Å². The minimum Gasteiger partial charge on any atom is -0.383 e. The van der Waals surface area contributed by atoms with Gasteiger partial charge in [-0.3, -0.25) is 9.63 Å². The van der Waals surface area contributed by atoms with Crippen molar-refractivity contribution in [2.45, 2.75) is 31.2 Å². The topological polar surface area (TPSA) is 86.3 Å². The van der Waals surface area contributed by atoms with Crippen LogP contribution in [0.2, 0.25) is 0 Å². The highest BCUT2D eigenvalue weighted by Crippen LogP contribution is 2.43. The Hall–Kier alpha value is -2.45. The lowest BCUT2D eigenvalue weighted by Gasteiger charge is -2.16. The Morgan fingerprint density at radius 3 is 2.75 bits per heavy atom. The number of aromatic nitrogens is 3. The van der Waals surface area contributed by atoms with Gasteiger partial charge in [-0.2, -0.15) is 0 Å². The van der Waals surface area contributed by atoms with Crippen molar-refractivity contribution in [2.75, 3.05) is 19.9 Å². The number of benzene rings is 1. The zero-order chi connectivity index (χ0) is 19.8. The Kier molecular flexibility index (Phi) is 5.07. The first-order chi connectivity index (χ1) is 13.5. The summed E-state index contributed by atoms with van der Waals surface area (Å²) in [7, 11) is 3.08. The van der Waals surface area contributed by atoms with Gasteiger partial charge in [-0.1, -0.05) is 12.1 Å². The van der Waals surface area contributed by atoms with Crippen LogP contribution in [0.1, 0.15) is 47.1 Å². The molecule has 2 atom stereocenters. The molecule has 2 aromatic heterocycles. The van der Waals surface area contributed by atoms with E-state index in [0.717, 1.165) is 34.8 Å². The van der Waals surface area contributed by atoms with Crippen molar-refractivity contribution in [3.05, 3.63) is 52.4 Å². The van der Waals surface area contributed by atoms with E-state index in [2.05, 4.69) is 36.7 Å². The Morgan fingerprint density at radius 1 is 1.29 bits per heavy atom. The van der Waals surface area contributed by atoms with Crippen molar-refractivity contribution < 1.29 is 9.63 Å². The van der Waals surface area contributed by atoms with Crippen molar-refractivity contribution >= 4 is 38.7 Å². The normalized spacial score (nSPS) is 19.2. The van der Waals surface area contributed by atoms with E-state index in [-0.39, 0.29) is 5.91 Å². The molecular weight excluding hydrogens is 422 g/mol. The van der Waals surface area contributed by atoms with Gasteiger partial charge >= 0.3 is 0 Å². The molecule has 1 aliphatic carbocycles. The number of carbonyl (C=O) groups is 1. The van der Waals surface area contributed by atoms with Gasteiger partial charge in [-0.05, 0) is 58.8 Å².